The molecule has 0 saturated heterocycles. The second-order valence-corrected chi connectivity index (χ2v) is 6.47. The maximum Gasteiger partial charge on any atom is 0.113 e. The van der Waals surface area contributed by atoms with Gasteiger partial charge in [0.05, 0.1) is 11.2 Å². The number of rotatable bonds is 8. The first-order chi connectivity index (χ1) is 8.57. The summed E-state index contributed by atoms with van der Waals surface area (Å²) in [5.74, 6) is 0. The molecule has 0 fully saturated rings. The second kappa shape index (κ2) is 7.25. The van der Waals surface area contributed by atoms with E-state index in [4.69, 9.17) is 4.98 Å². The lowest BCUT2D eigenvalue weighted by molar-refractivity contribution is 0.350. The van der Waals surface area contributed by atoms with Crippen molar-refractivity contribution >= 4 is 11.3 Å². The van der Waals surface area contributed by atoms with Gasteiger partial charge >= 0.3 is 0 Å². The van der Waals surface area contributed by atoms with Gasteiger partial charge in [0.15, 0.2) is 0 Å². The number of nitrogens with zero attached hydrogens (tertiary/aromatic N) is 1. The highest BCUT2D eigenvalue weighted by Crippen LogP contribution is 2.32. The Labute approximate surface area is 116 Å². The van der Waals surface area contributed by atoms with Crippen molar-refractivity contribution < 1.29 is 0 Å². The van der Waals surface area contributed by atoms with E-state index in [2.05, 4.69) is 40.1 Å². The van der Waals surface area contributed by atoms with Crippen molar-refractivity contribution in [2.75, 3.05) is 7.05 Å². The summed E-state index contributed by atoms with van der Waals surface area (Å²) >= 11 is 1.86. The topological polar surface area (TPSA) is 24.9 Å². The third-order valence-corrected chi connectivity index (χ3v) is 5.06. The number of aryl methyl sites for hydroxylation is 2. The summed E-state index contributed by atoms with van der Waals surface area (Å²) in [6.45, 7) is 8.92. The fourth-order valence-corrected chi connectivity index (χ4v) is 3.42. The molecule has 1 unspecified atom stereocenters. The molecule has 0 bridgehead atoms. The van der Waals surface area contributed by atoms with Gasteiger partial charge in [-0.15, -0.1) is 11.3 Å². The zero-order valence-corrected chi connectivity index (χ0v) is 13.4. The molecule has 0 aliphatic heterocycles. The summed E-state index contributed by atoms with van der Waals surface area (Å²) in [6.07, 6.45) is 7.48. The molecule has 1 rings (SSSR count). The predicted molar refractivity (Wildman–Crippen MR) is 81.4 cm³/mol. The van der Waals surface area contributed by atoms with Crippen LogP contribution in [-0.4, -0.2) is 12.0 Å². The maximum atomic E-state index is 4.83. The Hall–Kier alpha value is -0.410. The molecular formula is C15H28N2S. The third kappa shape index (κ3) is 3.79. The van der Waals surface area contributed by atoms with E-state index in [1.807, 2.05) is 11.3 Å². The average molecular weight is 268 g/mol. The molecule has 1 aromatic rings. The Balaban J connectivity index is 2.72. The second-order valence-electron chi connectivity index (χ2n) is 5.27. The predicted octanol–water partition coefficient (Wildman–Crippen LogP) is 4.42. The molecule has 0 aliphatic rings. The molecule has 0 aliphatic carbocycles. The SMILES string of the molecule is CCCCCCC(C)(NC)c1nc(CC)c(C)s1. The minimum Gasteiger partial charge on any atom is -0.309 e. The Morgan fingerprint density at radius 2 is 1.94 bits per heavy atom. The summed E-state index contributed by atoms with van der Waals surface area (Å²) in [5, 5.41) is 4.74. The van der Waals surface area contributed by atoms with Crippen molar-refractivity contribution in [1.82, 2.24) is 10.3 Å². The van der Waals surface area contributed by atoms with Crippen LogP contribution in [0.2, 0.25) is 0 Å². The molecule has 104 valence electrons. The van der Waals surface area contributed by atoms with Crippen LogP contribution in [0.3, 0.4) is 0 Å². The lowest BCUT2D eigenvalue weighted by atomic mass is 9.95. The summed E-state index contributed by atoms with van der Waals surface area (Å²) in [4.78, 5) is 6.20. The summed E-state index contributed by atoms with van der Waals surface area (Å²) in [7, 11) is 2.06. The third-order valence-electron chi connectivity index (χ3n) is 3.78. The van der Waals surface area contributed by atoms with E-state index in [9.17, 15) is 0 Å². The fourth-order valence-electron chi connectivity index (χ4n) is 2.24. The molecule has 1 atom stereocenters. The van der Waals surface area contributed by atoms with E-state index < -0.39 is 0 Å². The van der Waals surface area contributed by atoms with E-state index in [0.29, 0.717) is 0 Å². The quantitative estimate of drug-likeness (QED) is 0.706. The fraction of sp³-hybridized carbons (Fsp3) is 0.800. The Morgan fingerprint density at radius 1 is 1.22 bits per heavy atom. The highest BCUT2D eigenvalue weighted by Gasteiger charge is 2.28. The van der Waals surface area contributed by atoms with E-state index in [1.165, 1.54) is 47.7 Å². The van der Waals surface area contributed by atoms with Crippen LogP contribution in [-0.2, 0) is 12.0 Å². The van der Waals surface area contributed by atoms with E-state index in [1.54, 1.807) is 0 Å². The van der Waals surface area contributed by atoms with Gasteiger partial charge in [-0.3, -0.25) is 0 Å². The number of thiazole rings is 1. The van der Waals surface area contributed by atoms with Crippen molar-refractivity contribution in [1.29, 1.82) is 0 Å². The minimum atomic E-state index is 0.0522. The first kappa shape index (κ1) is 15.6. The summed E-state index contributed by atoms with van der Waals surface area (Å²) in [6, 6.07) is 0. The van der Waals surface area contributed by atoms with Crippen LogP contribution < -0.4 is 5.32 Å². The van der Waals surface area contributed by atoms with Gasteiger partial charge in [0, 0.05) is 4.88 Å². The monoisotopic (exact) mass is 268 g/mol. The largest absolute Gasteiger partial charge is 0.309 e. The molecular weight excluding hydrogens is 240 g/mol. The van der Waals surface area contributed by atoms with Gasteiger partial charge in [0.25, 0.3) is 0 Å². The lowest BCUT2D eigenvalue weighted by Crippen LogP contribution is -2.36. The number of unbranched alkanes of at least 4 members (excludes halogenated alkanes) is 3. The first-order valence-electron chi connectivity index (χ1n) is 7.23. The van der Waals surface area contributed by atoms with Crippen molar-refractivity contribution in [2.24, 2.45) is 0 Å². The van der Waals surface area contributed by atoms with Crippen molar-refractivity contribution in [3.63, 3.8) is 0 Å². The van der Waals surface area contributed by atoms with Crippen molar-refractivity contribution in [3.8, 4) is 0 Å². The molecule has 0 amide bonds. The molecule has 0 saturated carbocycles. The molecule has 0 aromatic carbocycles. The van der Waals surface area contributed by atoms with Crippen LogP contribution >= 0.6 is 11.3 Å². The molecule has 2 nitrogen and oxygen atoms in total. The van der Waals surface area contributed by atoms with Gasteiger partial charge in [-0.1, -0.05) is 39.5 Å². The van der Waals surface area contributed by atoms with Gasteiger partial charge in [-0.25, -0.2) is 4.98 Å². The molecule has 3 heteroatoms. The standard InChI is InChI=1S/C15H28N2S/c1-6-8-9-10-11-15(4,16-5)14-17-13(7-2)12(3)18-14/h16H,6-11H2,1-5H3. The summed E-state index contributed by atoms with van der Waals surface area (Å²) < 4.78 is 0. The number of aromatic nitrogens is 1. The Kier molecular flexibility index (Phi) is 6.30. The molecule has 1 heterocycles. The highest BCUT2D eigenvalue weighted by molar-refractivity contribution is 7.11. The van der Waals surface area contributed by atoms with E-state index >= 15 is 0 Å². The number of nitrogens with one attached hydrogen (secondary N) is 1. The normalized spacial score (nSPS) is 14.7. The van der Waals surface area contributed by atoms with Crippen LogP contribution in [0.1, 0.15) is 68.5 Å². The van der Waals surface area contributed by atoms with Gasteiger partial charge in [0.2, 0.25) is 0 Å². The van der Waals surface area contributed by atoms with Crippen molar-refractivity contribution in [3.05, 3.63) is 15.6 Å². The van der Waals surface area contributed by atoms with Gasteiger partial charge < -0.3 is 5.32 Å². The lowest BCUT2D eigenvalue weighted by Gasteiger charge is -2.27. The number of hydrogen-bond acceptors (Lipinski definition) is 3. The van der Waals surface area contributed by atoms with Crippen molar-refractivity contribution in [2.45, 2.75) is 71.8 Å². The molecule has 18 heavy (non-hydrogen) atoms. The Morgan fingerprint density at radius 3 is 2.44 bits per heavy atom. The molecule has 0 spiro atoms. The smallest absolute Gasteiger partial charge is 0.113 e. The molecule has 0 radical (unpaired) electrons. The zero-order chi connectivity index (χ0) is 13.6. The van der Waals surface area contributed by atoms with Crippen LogP contribution in [0.15, 0.2) is 0 Å². The van der Waals surface area contributed by atoms with Gasteiger partial charge in [0.1, 0.15) is 5.01 Å². The zero-order valence-electron chi connectivity index (χ0n) is 12.6. The van der Waals surface area contributed by atoms with Crippen LogP contribution in [0, 0.1) is 6.92 Å². The molecule has 1 aromatic heterocycles. The van der Waals surface area contributed by atoms with Crippen LogP contribution in [0.5, 0.6) is 0 Å². The maximum absolute atomic E-state index is 4.83. The van der Waals surface area contributed by atoms with Gasteiger partial charge in [-0.05, 0) is 33.7 Å². The van der Waals surface area contributed by atoms with E-state index in [0.717, 1.165) is 6.42 Å². The first-order valence-corrected chi connectivity index (χ1v) is 8.04. The van der Waals surface area contributed by atoms with Crippen LogP contribution in [0.4, 0.5) is 0 Å². The highest BCUT2D eigenvalue weighted by atomic mass is 32.1. The number of hydrogen-bond donors (Lipinski definition) is 1. The van der Waals surface area contributed by atoms with Gasteiger partial charge in [-0.2, -0.15) is 0 Å². The van der Waals surface area contributed by atoms with Crippen LogP contribution in [0.25, 0.3) is 0 Å². The minimum absolute atomic E-state index is 0.0522. The average Bonchev–Trinajstić information content (AvgIpc) is 2.76. The van der Waals surface area contributed by atoms with E-state index in [-0.39, 0.29) is 5.54 Å². The Bertz CT molecular complexity index is 359. The molecule has 1 N–H and O–H groups in total. The summed E-state index contributed by atoms with van der Waals surface area (Å²) in [5.41, 5.74) is 1.32.